The van der Waals surface area contributed by atoms with Gasteiger partial charge in [-0.25, -0.2) is 0 Å². The average molecular weight is 326 g/mol. The summed E-state index contributed by atoms with van der Waals surface area (Å²) in [6, 6.07) is 6.12. The second-order valence-corrected chi connectivity index (χ2v) is 7.50. The number of aryl methyl sites for hydroxylation is 1. The van der Waals surface area contributed by atoms with Crippen LogP contribution in [-0.4, -0.2) is 29.3 Å². The van der Waals surface area contributed by atoms with Crippen molar-refractivity contribution in [3.8, 4) is 0 Å². The topological polar surface area (TPSA) is 50.2 Å². The summed E-state index contributed by atoms with van der Waals surface area (Å²) in [5.74, 6) is 0.0766. The summed E-state index contributed by atoms with van der Waals surface area (Å²) in [7, 11) is 3.68. The predicted octanol–water partition coefficient (Wildman–Crippen LogP) is 2.57. The zero-order valence-corrected chi connectivity index (χ0v) is 15.1. The van der Waals surface area contributed by atoms with E-state index >= 15 is 0 Å². The second kappa shape index (κ2) is 6.06. The third kappa shape index (κ3) is 2.96. The monoisotopic (exact) mass is 326 g/mol. The molecular formula is C19H26N4O. The number of amides is 1. The van der Waals surface area contributed by atoms with Crippen LogP contribution in [0.2, 0.25) is 0 Å². The zero-order chi connectivity index (χ0) is 17.5. The molecule has 3 rings (SSSR count). The van der Waals surface area contributed by atoms with Crippen LogP contribution < -0.4 is 10.2 Å². The molecule has 1 N–H and O–H groups in total. The first-order valence-electron chi connectivity index (χ1n) is 8.42. The molecule has 0 spiro atoms. The third-order valence-corrected chi connectivity index (χ3v) is 4.70. The Labute approximate surface area is 143 Å². The van der Waals surface area contributed by atoms with E-state index in [1.54, 1.807) is 10.9 Å². The van der Waals surface area contributed by atoms with E-state index in [9.17, 15) is 4.79 Å². The van der Waals surface area contributed by atoms with Crippen LogP contribution in [0.1, 0.15) is 43.5 Å². The standard InChI is InChI=1S/C19H26N4O/c1-19(2,3)15-6-7-16-13(10-15)8-9-23(16)18(24)17(20-4)14-11-21-22(5)12-14/h6-7,10-12,17,20H,8-9H2,1-5H3. The van der Waals surface area contributed by atoms with E-state index in [-0.39, 0.29) is 17.4 Å². The van der Waals surface area contributed by atoms with Crippen LogP contribution in [0.4, 0.5) is 5.69 Å². The number of nitrogens with zero attached hydrogens (tertiary/aromatic N) is 3. The molecule has 1 unspecified atom stereocenters. The molecule has 2 aromatic rings. The molecule has 0 fully saturated rings. The number of fused-ring (bicyclic) bond motifs is 1. The Morgan fingerprint density at radius 2 is 2.08 bits per heavy atom. The molecule has 5 nitrogen and oxygen atoms in total. The van der Waals surface area contributed by atoms with Crippen molar-refractivity contribution < 1.29 is 4.79 Å². The average Bonchev–Trinajstić information content (AvgIpc) is 3.12. The highest BCUT2D eigenvalue weighted by Gasteiger charge is 2.31. The van der Waals surface area contributed by atoms with Gasteiger partial charge in [-0.2, -0.15) is 5.10 Å². The highest BCUT2D eigenvalue weighted by atomic mass is 16.2. The number of likely N-dealkylation sites (N-methyl/N-ethyl adjacent to an activating group) is 1. The van der Waals surface area contributed by atoms with E-state index < -0.39 is 0 Å². The summed E-state index contributed by atoms with van der Waals surface area (Å²) in [6.07, 6.45) is 4.55. The number of hydrogen-bond acceptors (Lipinski definition) is 3. The van der Waals surface area contributed by atoms with Crippen molar-refractivity contribution >= 4 is 11.6 Å². The van der Waals surface area contributed by atoms with Crippen LogP contribution in [0.25, 0.3) is 0 Å². The summed E-state index contributed by atoms with van der Waals surface area (Å²) >= 11 is 0. The Morgan fingerprint density at radius 3 is 2.67 bits per heavy atom. The summed E-state index contributed by atoms with van der Waals surface area (Å²) in [6.45, 7) is 7.38. The van der Waals surface area contributed by atoms with Crippen LogP contribution in [0.5, 0.6) is 0 Å². The minimum absolute atomic E-state index is 0.0766. The summed E-state index contributed by atoms with van der Waals surface area (Å²) in [4.78, 5) is 15.0. The molecule has 24 heavy (non-hydrogen) atoms. The smallest absolute Gasteiger partial charge is 0.248 e. The van der Waals surface area contributed by atoms with E-state index in [2.05, 4.69) is 49.4 Å². The fraction of sp³-hybridized carbons (Fsp3) is 0.474. The molecule has 0 aliphatic carbocycles. The molecule has 1 aromatic carbocycles. The molecule has 0 bridgehead atoms. The number of hydrogen-bond donors (Lipinski definition) is 1. The van der Waals surface area contributed by atoms with Crippen molar-refractivity contribution in [3.63, 3.8) is 0 Å². The van der Waals surface area contributed by atoms with Crippen LogP contribution >= 0.6 is 0 Å². The minimum Gasteiger partial charge on any atom is -0.310 e. The van der Waals surface area contributed by atoms with E-state index in [1.807, 2.05) is 25.2 Å². The van der Waals surface area contributed by atoms with Crippen molar-refractivity contribution in [3.05, 3.63) is 47.3 Å². The van der Waals surface area contributed by atoms with Crippen LogP contribution in [0, 0.1) is 0 Å². The van der Waals surface area contributed by atoms with Crippen molar-refractivity contribution in [2.24, 2.45) is 7.05 Å². The van der Waals surface area contributed by atoms with Gasteiger partial charge in [0.15, 0.2) is 0 Å². The maximum Gasteiger partial charge on any atom is 0.248 e. The number of anilines is 1. The largest absolute Gasteiger partial charge is 0.310 e. The molecule has 1 atom stereocenters. The van der Waals surface area contributed by atoms with Crippen molar-refractivity contribution in [2.45, 2.75) is 38.6 Å². The minimum atomic E-state index is -0.369. The highest BCUT2D eigenvalue weighted by molar-refractivity contribution is 5.99. The molecule has 2 heterocycles. The molecule has 1 aliphatic heterocycles. The van der Waals surface area contributed by atoms with Gasteiger partial charge >= 0.3 is 0 Å². The number of rotatable bonds is 3. The summed E-state index contributed by atoms with van der Waals surface area (Å²) < 4.78 is 1.72. The van der Waals surface area contributed by atoms with Gasteiger partial charge in [-0.1, -0.05) is 32.9 Å². The van der Waals surface area contributed by atoms with Gasteiger partial charge < -0.3 is 10.2 Å². The quantitative estimate of drug-likeness (QED) is 0.943. The van der Waals surface area contributed by atoms with E-state index in [4.69, 9.17) is 0 Å². The molecule has 1 aromatic heterocycles. The van der Waals surface area contributed by atoms with Crippen molar-refractivity contribution in [1.29, 1.82) is 0 Å². The van der Waals surface area contributed by atoms with Crippen LogP contribution in [0.15, 0.2) is 30.6 Å². The third-order valence-electron chi connectivity index (χ3n) is 4.70. The Balaban J connectivity index is 1.89. The Hall–Kier alpha value is -2.14. The van der Waals surface area contributed by atoms with E-state index in [0.717, 1.165) is 24.2 Å². The van der Waals surface area contributed by atoms with Crippen LogP contribution in [-0.2, 0) is 23.7 Å². The summed E-state index contributed by atoms with van der Waals surface area (Å²) in [5, 5.41) is 7.31. The van der Waals surface area contributed by atoms with Gasteiger partial charge in [-0.05, 0) is 36.1 Å². The van der Waals surface area contributed by atoms with Crippen LogP contribution in [0.3, 0.4) is 0 Å². The Morgan fingerprint density at radius 1 is 1.33 bits per heavy atom. The predicted molar refractivity (Wildman–Crippen MR) is 96.2 cm³/mol. The first-order chi connectivity index (χ1) is 11.3. The van der Waals surface area contributed by atoms with Crippen molar-refractivity contribution in [2.75, 3.05) is 18.5 Å². The second-order valence-electron chi connectivity index (χ2n) is 7.50. The van der Waals surface area contributed by atoms with Crippen molar-refractivity contribution in [1.82, 2.24) is 15.1 Å². The Bertz CT molecular complexity index is 757. The number of carbonyl (C=O) groups excluding carboxylic acids is 1. The van der Waals surface area contributed by atoms with Gasteiger partial charge in [0, 0.05) is 31.0 Å². The molecule has 5 heteroatoms. The number of benzene rings is 1. The first kappa shape index (κ1) is 16.7. The number of nitrogens with one attached hydrogen (secondary N) is 1. The van der Waals surface area contributed by atoms with Gasteiger partial charge in [-0.3, -0.25) is 9.48 Å². The lowest BCUT2D eigenvalue weighted by molar-refractivity contribution is -0.120. The van der Waals surface area contributed by atoms with E-state index in [1.165, 1.54) is 11.1 Å². The lowest BCUT2D eigenvalue weighted by Crippen LogP contribution is -2.38. The maximum atomic E-state index is 13.1. The van der Waals surface area contributed by atoms with Gasteiger partial charge in [0.25, 0.3) is 0 Å². The SMILES string of the molecule is CNC(C(=O)N1CCc2cc(C(C)(C)C)ccc21)c1cnn(C)c1. The molecule has 0 radical (unpaired) electrons. The molecule has 1 aliphatic rings. The normalized spacial score (nSPS) is 15.5. The fourth-order valence-corrected chi connectivity index (χ4v) is 3.27. The number of carbonyl (C=O) groups is 1. The number of aromatic nitrogens is 2. The van der Waals surface area contributed by atoms with Gasteiger partial charge in [-0.15, -0.1) is 0 Å². The highest BCUT2D eigenvalue weighted by Crippen LogP contribution is 2.34. The molecule has 0 saturated carbocycles. The zero-order valence-electron chi connectivity index (χ0n) is 15.1. The molecule has 0 saturated heterocycles. The van der Waals surface area contributed by atoms with Gasteiger partial charge in [0.1, 0.15) is 6.04 Å². The lowest BCUT2D eigenvalue weighted by atomic mass is 9.86. The fourth-order valence-electron chi connectivity index (χ4n) is 3.27. The molecule has 1 amide bonds. The first-order valence-corrected chi connectivity index (χ1v) is 8.42. The summed E-state index contributed by atoms with van der Waals surface area (Å²) in [5.41, 5.74) is 4.63. The van der Waals surface area contributed by atoms with Gasteiger partial charge in [0.2, 0.25) is 5.91 Å². The maximum absolute atomic E-state index is 13.1. The molecular weight excluding hydrogens is 300 g/mol. The molecule has 128 valence electrons. The lowest BCUT2D eigenvalue weighted by Gasteiger charge is -2.24. The van der Waals surface area contributed by atoms with E-state index in [0.29, 0.717) is 0 Å². The Kier molecular flexibility index (Phi) is 4.22. The van der Waals surface area contributed by atoms with Gasteiger partial charge in [0.05, 0.1) is 6.20 Å².